The third-order valence-electron chi connectivity index (χ3n) is 3.04. The van der Waals surface area contributed by atoms with Gasteiger partial charge in [-0.1, -0.05) is 6.42 Å². The first-order chi connectivity index (χ1) is 10.8. The highest BCUT2D eigenvalue weighted by Gasteiger charge is 2.23. The molecule has 0 heterocycles. The van der Waals surface area contributed by atoms with E-state index in [1.165, 1.54) is 20.3 Å². The Balaban J connectivity index is 2.63. The fourth-order valence-electron chi connectivity index (χ4n) is 1.91. The van der Waals surface area contributed by atoms with Gasteiger partial charge in [-0.05, 0) is 18.5 Å². The summed E-state index contributed by atoms with van der Waals surface area (Å²) < 4.78 is 15.7. The summed E-state index contributed by atoms with van der Waals surface area (Å²) in [5, 5.41) is 11.1. The highest BCUT2D eigenvalue weighted by Crippen LogP contribution is 2.34. The van der Waals surface area contributed by atoms with Crippen molar-refractivity contribution in [1.29, 1.82) is 0 Å². The van der Waals surface area contributed by atoms with Gasteiger partial charge in [-0.3, -0.25) is 10.1 Å². The van der Waals surface area contributed by atoms with Crippen molar-refractivity contribution in [3.05, 3.63) is 27.8 Å². The summed E-state index contributed by atoms with van der Waals surface area (Å²) in [7, 11) is 2.89. The zero-order valence-electron chi connectivity index (χ0n) is 12.8. The van der Waals surface area contributed by atoms with Crippen LogP contribution in [0.3, 0.4) is 0 Å². The lowest BCUT2D eigenvalue weighted by atomic mass is 10.1. The SMILES string of the molecule is COc1cc(COCCCC[Si](Cl)(Cl)Cl)c([N+](=O)[O-])cc1OC. The van der Waals surface area contributed by atoms with Gasteiger partial charge in [-0.2, -0.15) is 0 Å². The molecule has 0 spiro atoms. The van der Waals surface area contributed by atoms with Crippen LogP contribution in [0.2, 0.25) is 6.04 Å². The van der Waals surface area contributed by atoms with E-state index in [0.29, 0.717) is 29.7 Å². The molecule has 0 bridgehead atoms. The molecule has 0 aromatic heterocycles. The standard InChI is InChI=1S/C13H18Cl3NO5Si/c1-20-12-7-10(11(17(18)19)8-13(12)21-2)9-22-5-3-4-6-23(14,15)16/h7-8H,3-6,9H2,1-2H3. The number of rotatable bonds is 10. The largest absolute Gasteiger partial charge is 0.493 e. The maximum Gasteiger partial charge on any atom is 0.341 e. The minimum atomic E-state index is -2.59. The third-order valence-corrected chi connectivity index (χ3v) is 5.66. The Morgan fingerprint density at radius 2 is 1.74 bits per heavy atom. The molecule has 0 saturated heterocycles. The van der Waals surface area contributed by atoms with Gasteiger partial charge >= 0.3 is 6.00 Å². The Hall–Kier alpha value is -0.733. The summed E-state index contributed by atoms with van der Waals surface area (Å²) in [6, 6.07) is 0.852. The van der Waals surface area contributed by atoms with Crippen LogP contribution < -0.4 is 9.47 Å². The first-order valence-corrected chi connectivity index (χ1v) is 12.1. The van der Waals surface area contributed by atoms with E-state index in [2.05, 4.69) is 0 Å². The molecule has 0 aliphatic carbocycles. The molecule has 10 heteroatoms. The van der Waals surface area contributed by atoms with E-state index < -0.39 is 10.9 Å². The average Bonchev–Trinajstić information content (AvgIpc) is 2.48. The lowest BCUT2D eigenvalue weighted by Gasteiger charge is -2.11. The van der Waals surface area contributed by atoms with Crippen molar-refractivity contribution >= 4 is 44.9 Å². The lowest BCUT2D eigenvalue weighted by Crippen LogP contribution is -2.08. The van der Waals surface area contributed by atoms with Gasteiger partial charge < -0.3 is 14.2 Å². The van der Waals surface area contributed by atoms with Gasteiger partial charge in [0.15, 0.2) is 11.5 Å². The zero-order valence-corrected chi connectivity index (χ0v) is 16.1. The summed E-state index contributed by atoms with van der Waals surface area (Å²) in [4.78, 5) is 10.7. The molecule has 0 aliphatic rings. The van der Waals surface area contributed by atoms with Crippen LogP contribution in [0.5, 0.6) is 11.5 Å². The van der Waals surface area contributed by atoms with Crippen molar-refractivity contribution in [3.8, 4) is 11.5 Å². The van der Waals surface area contributed by atoms with E-state index in [9.17, 15) is 10.1 Å². The maximum atomic E-state index is 11.1. The summed E-state index contributed by atoms with van der Waals surface area (Å²) in [5.41, 5.74) is 0.347. The van der Waals surface area contributed by atoms with Gasteiger partial charge in [0.05, 0.1) is 37.4 Å². The van der Waals surface area contributed by atoms with E-state index in [4.69, 9.17) is 47.4 Å². The number of unbranched alkanes of at least 4 members (excludes halogenated alkanes) is 1. The molecule has 0 aliphatic heterocycles. The lowest BCUT2D eigenvalue weighted by molar-refractivity contribution is -0.386. The van der Waals surface area contributed by atoms with Gasteiger partial charge in [-0.25, -0.2) is 0 Å². The van der Waals surface area contributed by atoms with Crippen LogP contribution in [0, 0.1) is 10.1 Å². The van der Waals surface area contributed by atoms with Crippen molar-refractivity contribution in [2.75, 3.05) is 20.8 Å². The third kappa shape index (κ3) is 7.13. The van der Waals surface area contributed by atoms with E-state index in [-0.39, 0.29) is 12.3 Å². The second kappa shape index (κ2) is 9.54. The van der Waals surface area contributed by atoms with Gasteiger partial charge in [-0.15, -0.1) is 33.2 Å². The van der Waals surface area contributed by atoms with Crippen molar-refractivity contribution in [1.82, 2.24) is 0 Å². The monoisotopic (exact) mass is 401 g/mol. The van der Waals surface area contributed by atoms with E-state index in [1.807, 2.05) is 0 Å². The normalized spacial score (nSPS) is 11.3. The molecule has 0 atom stereocenters. The molecular formula is C13H18Cl3NO5Si. The molecule has 130 valence electrons. The number of hydrogen-bond donors (Lipinski definition) is 0. The Kier molecular flexibility index (Phi) is 8.42. The van der Waals surface area contributed by atoms with Gasteiger partial charge in [0, 0.05) is 6.61 Å². The molecule has 23 heavy (non-hydrogen) atoms. The number of halogens is 3. The molecule has 0 radical (unpaired) electrons. The summed E-state index contributed by atoms with van der Waals surface area (Å²) in [5.74, 6) is 0.717. The molecule has 1 rings (SSSR count). The van der Waals surface area contributed by atoms with Crippen LogP contribution in [0.1, 0.15) is 18.4 Å². The Bertz CT molecular complexity index is 539. The minimum Gasteiger partial charge on any atom is -0.493 e. The van der Waals surface area contributed by atoms with Crippen LogP contribution in [0.25, 0.3) is 0 Å². The quantitative estimate of drug-likeness (QED) is 0.188. The van der Waals surface area contributed by atoms with E-state index in [0.717, 1.165) is 12.8 Å². The average molecular weight is 403 g/mol. The van der Waals surface area contributed by atoms with Crippen LogP contribution in [0.4, 0.5) is 5.69 Å². The zero-order chi connectivity index (χ0) is 17.5. The van der Waals surface area contributed by atoms with Crippen LogP contribution in [-0.2, 0) is 11.3 Å². The molecule has 0 unspecified atom stereocenters. The first-order valence-electron chi connectivity index (χ1n) is 6.82. The molecule has 0 amide bonds. The number of hydrogen-bond acceptors (Lipinski definition) is 5. The smallest absolute Gasteiger partial charge is 0.341 e. The minimum absolute atomic E-state index is 0.0728. The van der Waals surface area contributed by atoms with E-state index >= 15 is 0 Å². The summed E-state index contributed by atoms with van der Waals surface area (Å²) in [6.07, 6.45) is 1.47. The number of benzene rings is 1. The van der Waals surface area contributed by atoms with Gasteiger partial charge in [0.2, 0.25) is 0 Å². The molecule has 1 aromatic rings. The van der Waals surface area contributed by atoms with Crippen LogP contribution in [-0.4, -0.2) is 31.8 Å². The molecule has 0 N–H and O–H groups in total. The second-order valence-electron chi connectivity index (χ2n) is 4.72. The van der Waals surface area contributed by atoms with Crippen molar-refractivity contribution in [2.24, 2.45) is 0 Å². The predicted octanol–water partition coefficient (Wildman–Crippen LogP) is 4.56. The number of ether oxygens (including phenoxy) is 3. The molecular weight excluding hydrogens is 385 g/mol. The summed E-state index contributed by atoms with van der Waals surface area (Å²) in [6.45, 7) is 0.530. The molecule has 1 aromatic carbocycles. The van der Waals surface area contributed by atoms with Gasteiger partial charge in [0.1, 0.15) is 0 Å². The number of nitro groups is 1. The number of nitrogens with zero attached hydrogens (tertiary/aromatic N) is 1. The van der Waals surface area contributed by atoms with Crippen LogP contribution in [0.15, 0.2) is 12.1 Å². The second-order valence-corrected chi connectivity index (χ2v) is 14.0. The molecule has 0 saturated carbocycles. The Labute approximate surface area is 149 Å². The molecule has 6 nitrogen and oxygen atoms in total. The highest BCUT2D eigenvalue weighted by atomic mass is 35.8. The Morgan fingerprint density at radius 3 is 2.26 bits per heavy atom. The van der Waals surface area contributed by atoms with Crippen molar-refractivity contribution in [2.45, 2.75) is 25.5 Å². The van der Waals surface area contributed by atoms with Gasteiger partial charge in [0.25, 0.3) is 5.69 Å². The highest BCUT2D eigenvalue weighted by molar-refractivity contribution is 7.64. The van der Waals surface area contributed by atoms with Crippen molar-refractivity contribution in [3.63, 3.8) is 0 Å². The number of nitro benzene ring substituents is 1. The first kappa shape index (κ1) is 20.3. The van der Waals surface area contributed by atoms with Crippen molar-refractivity contribution < 1.29 is 19.1 Å². The number of methoxy groups -OCH3 is 2. The van der Waals surface area contributed by atoms with Crippen LogP contribution >= 0.6 is 33.2 Å². The molecule has 0 fully saturated rings. The topological polar surface area (TPSA) is 70.8 Å². The fraction of sp³-hybridized carbons (Fsp3) is 0.538. The Morgan fingerprint density at radius 1 is 1.13 bits per heavy atom. The summed E-state index contributed by atoms with van der Waals surface area (Å²) >= 11 is 17.4. The van der Waals surface area contributed by atoms with E-state index in [1.54, 1.807) is 6.07 Å². The maximum absolute atomic E-state index is 11.1. The fourth-order valence-corrected chi connectivity index (χ4v) is 3.76. The predicted molar refractivity (Wildman–Crippen MR) is 93.2 cm³/mol.